The lowest BCUT2D eigenvalue weighted by Gasteiger charge is -2.17. The van der Waals surface area contributed by atoms with Gasteiger partial charge in [0.2, 0.25) is 0 Å². The molecule has 2 nitrogen and oxygen atoms in total. The first kappa shape index (κ1) is 12.3. The molecule has 0 saturated carbocycles. The Bertz CT molecular complexity index is 398. The number of aliphatic carboxylic acids is 1. The van der Waals surface area contributed by atoms with Crippen LogP contribution in [0.1, 0.15) is 31.7 Å². The fourth-order valence-electron chi connectivity index (χ4n) is 1.59. The van der Waals surface area contributed by atoms with Crippen LogP contribution in [0.15, 0.2) is 30.3 Å². The van der Waals surface area contributed by atoms with Gasteiger partial charge in [-0.2, -0.15) is 0 Å². The standard InChI is InChI=1S/C14H16O2/c1-3-11(2)13(9-10-14(15)16)12-7-5-4-6-8-12/h4-8,11,13H,3H2,1-2H3,(H,15,16). The van der Waals surface area contributed by atoms with E-state index in [0.29, 0.717) is 5.92 Å². The fraction of sp³-hybridized carbons (Fsp3) is 0.357. The van der Waals surface area contributed by atoms with Gasteiger partial charge in [0.15, 0.2) is 0 Å². The summed E-state index contributed by atoms with van der Waals surface area (Å²) in [6.45, 7) is 4.18. The molecule has 16 heavy (non-hydrogen) atoms. The average Bonchev–Trinajstić information content (AvgIpc) is 2.30. The van der Waals surface area contributed by atoms with Gasteiger partial charge in [-0.05, 0) is 11.5 Å². The molecule has 0 spiro atoms. The summed E-state index contributed by atoms with van der Waals surface area (Å²) in [6, 6.07) is 9.84. The van der Waals surface area contributed by atoms with Gasteiger partial charge in [0.05, 0.1) is 0 Å². The number of carbonyl (C=O) groups is 1. The Labute approximate surface area is 96.3 Å². The first-order chi connectivity index (χ1) is 7.65. The van der Waals surface area contributed by atoms with Crippen LogP contribution in [-0.2, 0) is 4.79 Å². The van der Waals surface area contributed by atoms with Gasteiger partial charge >= 0.3 is 5.97 Å². The minimum atomic E-state index is -1.07. The normalized spacial score (nSPS) is 13.4. The number of carboxylic acids is 1. The number of carboxylic acid groups (broad SMARTS) is 1. The van der Waals surface area contributed by atoms with E-state index in [2.05, 4.69) is 25.7 Å². The zero-order chi connectivity index (χ0) is 12.0. The van der Waals surface area contributed by atoms with E-state index < -0.39 is 5.97 Å². The molecule has 0 radical (unpaired) electrons. The van der Waals surface area contributed by atoms with Gasteiger partial charge in [0, 0.05) is 11.8 Å². The summed E-state index contributed by atoms with van der Waals surface area (Å²) >= 11 is 0. The highest BCUT2D eigenvalue weighted by Gasteiger charge is 2.15. The van der Waals surface area contributed by atoms with Gasteiger partial charge in [0.25, 0.3) is 0 Å². The monoisotopic (exact) mass is 216 g/mol. The molecule has 2 heteroatoms. The van der Waals surface area contributed by atoms with Crippen LogP contribution in [0.3, 0.4) is 0 Å². The number of hydrogen-bond donors (Lipinski definition) is 1. The number of hydrogen-bond acceptors (Lipinski definition) is 1. The molecule has 0 amide bonds. The van der Waals surface area contributed by atoms with Gasteiger partial charge in [-0.15, -0.1) is 0 Å². The van der Waals surface area contributed by atoms with Crippen molar-refractivity contribution in [3.05, 3.63) is 35.9 Å². The van der Waals surface area contributed by atoms with Gasteiger partial charge < -0.3 is 5.11 Å². The lowest BCUT2D eigenvalue weighted by Crippen LogP contribution is -2.07. The van der Waals surface area contributed by atoms with E-state index in [9.17, 15) is 4.79 Å². The molecule has 1 N–H and O–H groups in total. The van der Waals surface area contributed by atoms with Crippen molar-refractivity contribution in [1.82, 2.24) is 0 Å². The van der Waals surface area contributed by atoms with E-state index in [1.165, 1.54) is 0 Å². The van der Waals surface area contributed by atoms with Crippen LogP contribution in [-0.4, -0.2) is 11.1 Å². The molecule has 2 unspecified atom stereocenters. The summed E-state index contributed by atoms with van der Waals surface area (Å²) < 4.78 is 0. The quantitative estimate of drug-likeness (QED) is 0.789. The minimum Gasteiger partial charge on any atom is -0.472 e. The van der Waals surface area contributed by atoms with E-state index in [1.807, 2.05) is 30.3 Å². The highest BCUT2D eigenvalue weighted by atomic mass is 16.4. The van der Waals surface area contributed by atoms with Crippen molar-refractivity contribution < 1.29 is 9.90 Å². The summed E-state index contributed by atoms with van der Waals surface area (Å²) in [4.78, 5) is 10.5. The molecule has 1 rings (SSSR count). The predicted molar refractivity (Wildman–Crippen MR) is 64.0 cm³/mol. The van der Waals surface area contributed by atoms with Crippen molar-refractivity contribution in [2.24, 2.45) is 5.92 Å². The Morgan fingerprint density at radius 1 is 1.38 bits per heavy atom. The Kier molecular flexibility index (Phi) is 4.60. The number of benzene rings is 1. The summed E-state index contributed by atoms with van der Waals surface area (Å²) in [7, 11) is 0. The van der Waals surface area contributed by atoms with Crippen molar-refractivity contribution in [1.29, 1.82) is 0 Å². The number of rotatable bonds is 3. The van der Waals surface area contributed by atoms with Crippen molar-refractivity contribution >= 4 is 5.97 Å². The lowest BCUT2D eigenvalue weighted by molar-refractivity contribution is -0.130. The largest absolute Gasteiger partial charge is 0.472 e. The summed E-state index contributed by atoms with van der Waals surface area (Å²) in [5.41, 5.74) is 1.09. The molecule has 1 aromatic rings. The van der Waals surface area contributed by atoms with Crippen molar-refractivity contribution in [3.63, 3.8) is 0 Å². The maximum Gasteiger partial charge on any atom is 0.381 e. The molecule has 0 aliphatic carbocycles. The average molecular weight is 216 g/mol. The molecule has 0 bridgehead atoms. The maximum atomic E-state index is 10.5. The van der Waals surface area contributed by atoms with Crippen LogP contribution in [0.4, 0.5) is 0 Å². The molecule has 84 valence electrons. The molecular weight excluding hydrogens is 200 g/mol. The summed E-state index contributed by atoms with van der Waals surface area (Å²) in [5, 5.41) is 8.59. The van der Waals surface area contributed by atoms with Crippen LogP contribution < -0.4 is 0 Å². The van der Waals surface area contributed by atoms with Crippen molar-refractivity contribution in [2.75, 3.05) is 0 Å². The third kappa shape index (κ3) is 3.43. The van der Waals surface area contributed by atoms with Crippen LogP contribution >= 0.6 is 0 Å². The Morgan fingerprint density at radius 2 is 2.00 bits per heavy atom. The minimum absolute atomic E-state index is 0.00213. The van der Waals surface area contributed by atoms with Gasteiger partial charge in [-0.25, -0.2) is 4.79 Å². The topological polar surface area (TPSA) is 37.3 Å². The van der Waals surface area contributed by atoms with E-state index in [4.69, 9.17) is 5.11 Å². The summed E-state index contributed by atoms with van der Waals surface area (Å²) in [5.74, 6) is 4.35. The molecule has 0 fully saturated rings. The second-order valence-corrected chi connectivity index (χ2v) is 3.85. The summed E-state index contributed by atoms with van der Waals surface area (Å²) in [6.07, 6.45) is 0.980. The second kappa shape index (κ2) is 5.97. The molecule has 1 aromatic carbocycles. The van der Waals surface area contributed by atoms with Crippen LogP contribution in [0.5, 0.6) is 0 Å². The van der Waals surface area contributed by atoms with E-state index in [1.54, 1.807) is 0 Å². The van der Waals surface area contributed by atoms with Crippen LogP contribution in [0, 0.1) is 17.8 Å². The zero-order valence-corrected chi connectivity index (χ0v) is 9.60. The third-order valence-electron chi connectivity index (χ3n) is 2.71. The predicted octanol–water partition coefficient (Wildman–Crippen LogP) is 2.90. The Hall–Kier alpha value is -1.75. The van der Waals surface area contributed by atoms with Crippen LogP contribution in [0.25, 0.3) is 0 Å². The van der Waals surface area contributed by atoms with Gasteiger partial charge in [-0.1, -0.05) is 56.5 Å². The van der Waals surface area contributed by atoms with E-state index >= 15 is 0 Å². The molecule has 0 aliphatic rings. The first-order valence-corrected chi connectivity index (χ1v) is 5.44. The smallest absolute Gasteiger partial charge is 0.381 e. The van der Waals surface area contributed by atoms with Crippen molar-refractivity contribution in [3.8, 4) is 11.8 Å². The SMILES string of the molecule is CCC(C)C(C#CC(=O)O)c1ccccc1. The Balaban J connectivity index is 2.98. The van der Waals surface area contributed by atoms with Crippen molar-refractivity contribution in [2.45, 2.75) is 26.2 Å². The molecule has 2 atom stereocenters. The Morgan fingerprint density at radius 3 is 2.50 bits per heavy atom. The molecule has 0 heterocycles. The first-order valence-electron chi connectivity index (χ1n) is 5.44. The van der Waals surface area contributed by atoms with E-state index in [-0.39, 0.29) is 5.92 Å². The zero-order valence-electron chi connectivity index (χ0n) is 9.60. The highest BCUT2D eigenvalue weighted by molar-refractivity contribution is 5.86. The molecular formula is C14H16O2. The lowest BCUT2D eigenvalue weighted by atomic mass is 9.86. The van der Waals surface area contributed by atoms with Gasteiger partial charge in [0.1, 0.15) is 0 Å². The highest BCUT2D eigenvalue weighted by Crippen LogP contribution is 2.25. The maximum absolute atomic E-state index is 10.5. The third-order valence-corrected chi connectivity index (χ3v) is 2.71. The second-order valence-electron chi connectivity index (χ2n) is 3.85. The van der Waals surface area contributed by atoms with Gasteiger partial charge in [-0.3, -0.25) is 0 Å². The fourth-order valence-corrected chi connectivity index (χ4v) is 1.59. The molecule has 0 aliphatic heterocycles. The van der Waals surface area contributed by atoms with E-state index in [0.717, 1.165) is 12.0 Å². The molecule has 0 aromatic heterocycles. The van der Waals surface area contributed by atoms with Crippen LogP contribution in [0.2, 0.25) is 0 Å². The molecule has 0 saturated heterocycles.